The van der Waals surface area contributed by atoms with Gasteiger partial charge in [-0.25, -0.2) is 0 Å². The zero-order valence-electron chi connectivity index (χ0n) is 11.2. The number of hydrogen-bond donors (Lipinski definition) is 0. The standard InChI is InChI=1S/C14H14Cl2N2O3/c15-8-1-4-12(13(7-8)18(20)21)14(19)17-10-2-3-11(17)6-9(16)5-10/h1,4,7,9-11H,2-3,5-6H2. The molecule has 2 aliphatic heterocycles. The molecule has 0 aliphatic carbocycles. The van der Waals surface area contributed by atoms with Crippen LogP contribution in [-0.2, 0) is 0 Å². The lowest BCUT2D eigenvalue weighted by atomic mass is 10.0. The molecular weight excluding hydrogens is 315 g/mol. The number of nitro groups is 1. The van der Waals surface area contributed by atoms with Crippen LogP contribution in [0.15, 0.2) is 18.2 Å². The van der Waals surface area contributed by atoms with Crippen LogP contribution in [0.1, 0.15) is 36.0 Å². The molecule has 5 nitrogen and oxygen atoms in total. The fourth-order valence-electron chi connectivity index (χ4n) is 3.42. The maximum absolute atomic E-state index is 12.7. The van der Waals surface area contributed by atoms with E-state index in [1.807, 2.05) is 0 Å². The molecule has 0 spiro atoms. The van der Waals surface area contributed by atoms with Crippen molar-refractivity contribution in [3.63, 3.8) is 0 Å². The van der Waals surface area contributed by atoms with Gasteiger partial charge in [0.1, 0.15) is 5.56 Å². The number of fused-ring (bicyclic) bond motifs is 2. The molecule has 1 aromatic rings. The minimum Gasteiger partial charge on any atom is -0.332 e. The van der Waals surface area contributed by atoms with Crippen LogP contribution in [0, 0.1) is 10.1 Å². The lowest BCUT2D eigenvalue weighted by Crippen LogP contribution is -2.47. The molecule has 1 amide bonds. The zero-order valence-corrected chi connectivity index (χ0v) is 12.7. The fraction of sp³-hybridized carbons (Fsp3) is 0.500. The maximum atomic E-state index is 12.7. The second-order valence-electron chi connectivity index (χ2n) is 5.58. The van der Waals surface area contributed by atoms with Crippen molar-refractivity contribution >= 4 is 34.8 Å². The van der Waals surface area contributed by atoms with Gasteiger partial charge in [-0.3, -0.25) is 14.9 Å². The summed E-state index contributed by atoms with van der Waals surface area (Å²) in [4.78, 5) is 25.1. The summed E-state index contributed by atoms with van der Waals surface area (Å²) >= 11 is 12.0. The molecule has 2 heterocycles. The number of nitro benzene ring substituents is 1. The lowest BCUT2D eigenvalue weighted by Gasteiger charge is -2.37. The Bertz CT molecular complexity index is 594. The molecule has 2 unspecified atom stereocenters. The number of hydrogen-bond acceptors (Lipinski definition) is 3. The van der Waals surface area contributed by atoms with E-state index in [2.05, 4.69) is 0 Å². The van der Waals surface area contributed by atoms with Gasteiger partial charge in [0.2, 0.25) is 0 Å². The Kier molecular flexibility index (Phi) is 3.80. The highest BCUT2D eigenvalue weighted by atomic mass is 35.5. The largest absolute Gasteiger partial charge is 0.332 e. The minimum atomic E-state index is -0.560. The molecule has 3 rings (SSSR count). The first-order chi connectivity index (χ1) is 9.97. The first-order valence-corrected chi connectivity index (χ1v) is 7.69. The Hall–Kier alpha value is -1.33. The van der Waals surface area contributed by atoms with Crippen LogP contribution in [0.25, 0.3) is 0 Å². The van der Waals surface area contributed by atoms with E-state index < -0.39 is 4.92 Å². The molecule has 0 aromatic heterocycles. The van der Waals surface area contributed by atoms with E-state index in [1.165, 1.54) is 18.2 Å². The molecule has 0 saturated carbocycles. The highest BCUT2D eigenvalue weighted by molar-refractivity contribution is 6.31. The molecule has 2 atom stereocenters. The van der Waals surface area contributed by atoms with Crippen LogP contribution in [0.2, 0.25) is 5.02 Å². The summed E-state index contributed by atoms with van der Waals surface area (Å²) in [5.74, 6) is -0.283. The van der Waals surface area contributed by atoms with Gasteiger partial charge >= 0.3 is 0 Å². The first kappa shape index (κ1) is 14.6. The third-order valence-electron chi connectivity index (χ3n) is 4.30. The number of halogens is 2. The van der Waals surface area contributed by atoms with Gasteiger partial charge in [-0.1, -0.05) is 11.6 Å². The van der Waals surface area contributed by atoms with Gasteiger partial charge in [-0.2, -0.15) is 0 Å². The minimum absolute atomic E-state index is 0.0896. The Balaban J connectivity index is 1.95. The Morgan fingerprint density at radius 1 is 1.29 bits per heavy atom. The molecule has 2 aliphatic rings. The number of piperidine rings is 1. The summed E-state index contributed by atoms with van der Waals surface area (Å²) in [5, 5.41) is 11.5. The summed E-state index contributed by atoms with van der Waals surface area (Å²) in [6, 6.07) is 4.36. The van der Waals surface area contributed by atoms with Crippen molar-refractivity contribution in [2.45, 2.75) is 43.1 Å². The van der Waals surface area contributed by atoms with Gasteiger partial charge in [-0.15, -0.1) is 11.6 Å². The topological polar surface area (TPSA) is 63.4 Å². The molecular formula is C14H14Cl2N2O3. The van der Waals surface area contributed by atoms with Gasteiger partial charge in [0.25, 0.3) is 11.6 Å². The number of carbonyl (C=O) groups is 1. The van der Waals surface area contributed by atoms with E-state index >= 15 is 0 Å². The first-order valence-electron chi connectivity index (χ1n) is 6.88. The zero-order chi connectivity index (χ0) is 15.1. The van der Waals surface area contributed by atoms with Crippen LogP contribution >= 0.6 is 23.2 Å². The van der Waals surface area contributed by atoms with E-state index in [4.69, 9.17) is 23.2 Å². The van der Waals surface area contributed by atoms with Crippen LogP contribution in [0.3, 0.4) is 0 Å². The summed E-state index contributed by atoms with van der Waals surface area (Å²) in [6.45, 7) is 0. The van der Waals surface area contributed by atoms with Crippen LogP contribution in [0.4, 0.5) is 5.69 Å². The number of nitrogens with zero attached hydrogens (tertiary/aromatic N) is 2. The van der Waals surface area contributed by atoms with Crippen molar-refractivity contribution < 1.29 is 9.72 Å². The number of rotatable bonds is 2. The molecule has 2 bridgehead atoms. The highest BCUT2D eigenvalue weighted by Crippen LogP contribution is 2.39. The van der Waals surface area contributed by atoms with Crippen molar-refractivity contribution in [3.8, 4) is 0 Å². The fourth-order valence-corrected chi connectivity index (χ4v) is 4.00. The Morgan fingerprint density at radius 3 is 2.48 bits per heavy atom. The van der Waals surface area contributed by atoms with E-state index in [9.17, 15) is 14.9 Å². The average Bonchev–Trinajstić information content (AvgIpc) is 2.70. The summed E-state index contributed by atoms with van der Waals surface area (Å²) in [7, 11) is 0. The van der Waals surface area contributed by atoms with E-state index in [0.29, 0.717) is 0 Å². The van der Waals surface area contributed by atoms with Crippen molar-refractivity contribution in [3.05, 3.63) is 38.9 Å². The lowest BCUT2D eigenvalue weighted by molar-refractivity contribution is -0.385. The second kappa shape index (κ2) is 5.46. The molecule has 7 heteroatoms. The van der Waals surface area contributed by atoms with E-state index in [1.54, 1.807) is 4.90 Å². The van der Waals surface area contributed by atoms with Crippen molar-refractivity contribution in [1.82, 2.24) is 4.90 Å². The SMILES string of the molecule is O=C(c1ccc(Cl)cc1[N+](=O)[O-])N1C2CCC1CC(Cl)C2. The van der Waals surface area contributed by atoms with Gasteiger partial charge in [0.15, 0.2) is 0 Å². The van der Waals surface area contributed by atoms with Gasteiger partial charge in [0, 0.05) is 28.5 Å². The third-order valence-corrected chi connectivity index (χ3v) is 4.89. The van der Waals surface area contributed by atoms with Crippen molar-refractivity contribution in [2.75, 3.05) is 0 Å². The Morgan fingerprint density at radius 2 is 1.90 bits per heavy atom. The summed E-state index contributed by atoms with van der Waals surface area (Å²) in [6.07, 6.45) is 3.35. The molecule has 0 N–H and O–H groups in total. The molecule has 1 aromatic carbocycles. The number of amides is 1. The molecule has 112 valence electrons. The van der Waals surface area contributed by atoms with Crippen LogP contribution in [0.5, 0.6) is 0 Å². The molecule has 2 saturated heterocycles. The average molecular weight is 329 g/mol. The van der Waals surface area contributed by atoms with Crippen molar-refractivity contribution in [1.29, 1.82) is 0 Å². The Labute approximate surface area is 132 Å². The number of carbonyl (C=O) groups excluding carboxylic acids is 1. The quantitative estimate of drug-likeness (QED) is 0.473. The number of alkyl halides is 1. The van der Waals surface area contributed by atoms with E-state index in [0.717, 1.165) is 25.7 Å². The maximum Gasteiger partial charge on any atom is 0.283 e. The van der Waals surface area contributed by atoms with Gasteiger partial charge in [-0.05, 0) is 37.8 Å². The summed E-state index contributed by atoms with van der Waals surface area (Å²) < 4.78 is 0. The second-order valence-corrected chi connectivity index (χ2v) is 6.64. The smallest absolute Gasteiger partial charge is 0.283 e. The van der Waals surface area contributed by atoms with Gasteiger partial charge in [0.05, 0.1) is 4.92 Å². The van der Waals surface area contributed by atoms with Crippen LogP contribution < -0.4 is 0 Å². The molecule has 0 radical (unpaired) electrons. The van der Waals surface area contributed by atoms with Crippen molar-refractivity contribution in [2.24, 2.45) is 0 Å². The predicted molar refractivity (Wildman–Crippen MR) is 80.0 cm³/mol. The predicted octanol–water partition coefficient (Wildman–Crippen LogP) is 3.62. The van der Waals surface area contributed by atoms with Gasteiger partial charge < -0.3 is 4.90 Å². The number of benzene rings is 1. The highest BCUT2D eigenvalue weighted by Gasteiger charge is 2.44. The van der Waals surface area contributed by atoms with Crippen LogP contribution in [-0.4, -0.2) is 33.2 Å². The monoisotopic (exact) mass is 328 g/mol. The third kappa shape index (κ3) is 2.60. The molecule has 21 heavy (non-hydrogen) atoms. The normalized spacial score (nSPS) is 27.7. The molecule has 2 fully saturated rings. The van der Waals surface area contributed by atoms with E-state index in [-0.39, 0.29) is 39.6 Å². The summed E-state index contributed by atoms with van der Waals surface area (Å²) in [5.41, 5.74) is -0.130.